The molecule has 0 aliphatic carbocycles. The van der Waals surface area contributed by atoms with Crippen LogP contribution in [0, 0.1) is 0 Å². The van der Waals surface area contributed by atoms with E-state index in [1.807, 2.05) is 42.2 Å². The Hall–Kier alpha value is -2.01. The summed E-state index contributed by atoms with van der Waals surface area (Å²) in [5, 5.41) is 0. The largest absolute Gasteiger partial charge is 0.493 e. The minimum atomic E-state index is -0.0208. The molecule has 22 heavy (non-hydrogen) atoms. The van der Waals surface area contributed by atoms with Crippen LogP contribution in [0.15, 0.2) is 24.3 Å². The first-order valence-electron chi connectivity index (χ1n) is 7.62. The predicted octanol–water partition coefficient (Wildman–Crippen LogP) is 2.06. The second kappa shape index (κ2) is 7.84. The number of methoxy groups -OCH3 is 1. The quantitative estimate of drug-likeness (QED) is 0.873. The summed E-state index contributed by atoms with van der Waals surface area (Å²) in [6.07, 6.45) is 5.92. The number of amides is 1. The van der Waals surface area contributed by atoms with E-state index in [4.69, 9.17) is 15.2 Å². The normalized spacial score (nSPS) is 18.0. The van der Waals surface area contributed by atoms with Gasteiger partial charge in [-0.1, -0.05) is 18.2 Å². The second-order valence-electron chi connectivity index (χ2n) is 5.32. The van der Waals surface area contributed by atoms with E-state index in [1.165, 1.54) is 0 Å². The van der Waals surface area contributed by atoms with E-state index in [0.29, 0.717) is 18.0 Å². The van der Waals surface area contributed by atoms with E-state index < -0.39 is 0 Å². The van der Waals surface area contributed by atoms with Gasteiger partial charge in [-0.25, -0.2) is 0 Å². The molecule has 1 heterocycles. The van der Waals surface area contributed by atoms with Gasteiger partial charge in [0, 0.05) is 19.1 Å². The van der Waals surface area contributed by atoms with Crippen LogP contribution in [0.4, 0.5) is 0 Å². The van der Waals surface area contributed by atoms with Crippen molar-refractivity contribution in [2.24, 2.45) is 5.73 Å². The Morgan fingerprint density at radius 3 is 2.95 bits per heavy atom. The Bertz CT molecular complexity index is 543. The molecular weight excluding hydrogens is 280 g/mol. The molecule has 0 bridgehead atoms. The van der Waals surface area contributed by atoms with Crippen molar-refractivity contribution >= 4 is 12.0 Å². The molecule has 1 fully saturated rings. The van der Waals surface area contributed by atoms with Crippen LogP contribution in [-0.4, -0.2) is 43.7 Å². The highest BCUT2D eigenvalue weighted by atomic mass is 16.5. The number of benzene rings is 1. The van der Waals surface area contributed by atoms with Crippen molar-refractivity contribution in [2.45, 2.75) is 25.8 Å². The Kier molecular flexibility index (Phi) is 5.83. The van der Waals surface area contributed by atoms with Crippen LogP contribution in [-0.2, 0) is 4.79 Å². The fourth-order valence-corrected chi connectivity index (χ4v) is 2.73. The van der Waals surface area contributed by atoms with Gasteiger partial charge in [-0.3, -0.25) is 4.79 Å². The van der Waals surface area contributed by atoms with Crippen LogP contribution < -0.4 is 15.2 Å². The summed E-state index contributed by atoms with van der Waals surface area (Å²) >= 11 is 0. The molecule has 2 rings (SSSR count). The molecule has 1 aliphatic heterocycles. The van der Waals surface area contributed by atoms with Gasteiger partial charge in [-0.2, -0.15) is 0 Å². The SMILES string of the molecule is CC=Cc1ccc(OCC(=O)N2CCCC2CN)c(OC)c1. The average Bonchev–Trinajstić information content (AvgIpc) is 3.02. The standard InChI is InChI=1S/C17H24N2O3/c1-3-5-13-7-8-15(16(10-13)21-2)22-12-17(20)19-9-4-6-14(19)11-18/h3,5,7-8,10,14H,4,6,9,11-12,18H2,1-2H3. The van der Waals surface area contributed by atoms with Crippen LogP contribution in [0.5, 0.6) is 11.5 Å². The van der Waals surface area contributed by atoms with Crippen molar-refractivity contribution in [3.05, 3.63) is 29.8 Å². The smallest absolute Gasteiger partial charge is 0.260 e. The molecule has 1 aliphatic rings. The summed E-state index contributed by atoms with van der Waals surface area (Å²) in [6, 6.07) is 5.79. The molecular formula is C17H24N2O3. The number of hydrogen-bond acceptors (Lipinski definition) is 4. The van der Waals surface area contributed by atoms with Gasteiger partial charge < -0.3 is 20.1 Å². The molecule has 1 atom stereocenters. The zero-order chi connectivity index (χ0) is 15.9. The monoisotopic (exact) mass is 304 g/mol. The maximum atomic E-state index is 12.3. The van der Waals surface area contributed by atoms with Crippen LogP contribution in [0.3, 0.4) is 0 Å². The van der Waals surface area contributed by atoms with Gasteiger partial charge in [0.05, 0.1) is 7.11 Å². The number of nitrogens with zero attached hydrogens (tertiary/aromatic N) is 1. The van der Waals surface area contributed by atoms with Gasteiger partial charge in [0.15, 0.2) is 18.1 Å². The van der Waals surface area contributed by atoms with E-state index in [0.717, 1.165) is 24.9 Å². The maximum absolute atomic E-state index is 12.3. The van der Waals surface area contributed by atoms with Crippen molar-refractivity contribution in [1.82, 2.24) is 4.90 Å². The highest BCUT2D eigenvalue weighted by Crippen LogP contribution is 2.28. The number of rotatable bonds is 6. The number of likely N-dealkylation sites (tertiary alicyclic amines) is 1. The molecule has 5 nitrogen and oxygen atoms in total. The van der Waals surface area contributed by atoms with E-state index in [1.54, 1.807) is 7.11 Å². The summed E-state index contributed by atoms with van der Waals surface area (Å²) in [6.45, 7) is 3.24. The van der Waals surface area contributed by atoms with E-state index in [9.17, 15) is 4.79 Å². The lowest BCUT2D eigenvalue weighted by atomic mass is 10.2. The lowest BCUT2D eigenvalue weighted by molar-refractivity contribution is -0.134. The van der Waals surface area contributed by atoms with Crippen molar-refractivity contribution in [3.63, 3.8) is 0 Å². The minimum Gasteiger partial charge on any atom is -0.493 e. The van der Waals surface area contributed by atoms with Crippen molar-refractivity contribution in [2.75, 3.05) is 26.8 Å². The van der Waals surface area contributed by atoms with Gasteiger partial charge in [0.1, 0.15) is 0 Å². The molecule has 0 spiro atoms. The number of ether oxygens (including phenoxy) is 2. The number of carbonyl (C=O) groups excluding carboxylic acids is 1. The molecule has 0 radical (unpaired) electrons. The summed E-state index contributed by atoms with van der Waals surface area (Å²) in [5.41, 5.74) is 6.73. The summed E-state index contributed by atoms with van der Waals surface area (Å²) in [7, 11) is 1.59. The lowest BCUT2D eigenvalue weighted by Gasteiger charge is -2.23. The fourth-order valence-electron chi connectivity index (χ4n) is 2.73. The fraction of sp³-hybridized carbons (Fsp3) is 0.471. The first-order valence-corrected chi connectivity index (χ1v) is 7.62. The molecule has 0 aromatic heterocycles. The summed E-state index contributed by atoms with van der Waals surface area (Å²) in [5.74, 6) is 1.18. The zero-order valence-corrected chi connectivity index (χ0v) is 13.2. The zero-order valence-electron chi connectivity index (χ0n) is 13.2. The van der Waals surface area contributed by atoms with Crippen LogP contribution in [0.1, 0.15) is 25.3 Å². The van der Waals surface area contributed by atoms with Crippen LogP contribution in [0.2, 0.25) is 0 Å². The molecule has 1 aromatic rings. The number of carbonyl (C=O) groups is 1. The third-order valence-electron chi connectivity index (χ3n) is 3.87. The minimum absolute atomic E-state index is 0.00975. The molecule has 120 valence electrons. The highest BCUT2D eigenvalue weighted by molar-refractivity contribution is 5.78. The molecule has 5 heteroatoms. The third kappa shape index (κ3) is 3.80. The average molecular weight is 304 g/mol. The van der Waals surface area contributed by atoms with Gasteiger partial charge in [-0.05, 0) is 37.5 Å². The molecule has 1 aromatic carbocycles. The van der Waals surface area contributed by atoms with Gasteiger partial charge >= 0.3 is 0 Å². The second-order valence-corrected chi connectivity index (χ2v) is 5.32. The van der Waals surface area contributed by atoms with Gasteiger partial charge in [0.25, 0.3) is 5.91 Å². The topological polar surface area (TPSA) is 64.8 Å². The van der Waals surface area contributed by atoms with Crippen molar-refractivity contribution < 1.29 is 14.3 Å². The molecule has 1 saturated heterocycles. The van der Waals surface area contributed by atoms with Gasteiger partial charge in [-0.15, -0.1) is 0 Å². The lowest BCUT2D eigenvalue weighted by Crippen LogP contribution is -2.42. The maximum Gasteiger partial charge on any atom is 0.260 e. The van der Waals surface area contributed by atoms with E-state index >= 15 is 0 Å². The summed E-state index contributed by atoms with van der Waals surface area (Å²) in [4.78, 5) is 14.1. The molecule has 1 amide bonds. The summed E-state index contributed by atoms with van der Waals surface area (Å²) < 4.78 is 11.0. The van der Waals surface area contributed by atoms with Crippen LogP contribution >= 0.6 is 0 Å². The van der Waals surface area contributed by atoms with Gasteiger partial charge in [0.2, 0.25) is 0 Å². The number of hydrogen-bond donors (Lipinski definition) is 1. The predicted molar refractivity (Wildman–Crippen MR) is 87.0 cm³/mol. The molecule has 0 saturated carbocycles. The van der Waals surface area contributed by atoms with Crippen molar-refractivity contribution in [1.29, 1.82) is 0 Å². The Labute approximate surface area is 131 Å². The number of allylic oxidation sites excluding steroid dienone is 1. The number of nitrogens with two attached hydrogens (primary N) is 1. The highest BCUT2D eigenvalue weighted by Gasteiger charge is 2.27. The van der Waals surface area contributed by atoms with Crippen molar-refractivity contribution in [3.8, 4) is 11.5 Å². The Morgan fingerprint density at radius 2 is 2.27 bits per heavy atom. The van der Waals surface area contributed by atoms with E-state index in [2.05, 4.69) is 0 Å². The Balaban J connectivity index is 2.00. The molecule has 1 unspecified atom stereocenters. The first-order chi connectivity index (χ1) is 10.7. The molecule has 2 N–H and O–H groups in total. The van der Waals surface area contributed by atoms with E-state index in [-0.39, 0.29) is 18.6 Å². The third-order valence-corrected chi connectivity index (χ3v) is 3.87. The first kappa shape index (κ1) is 16.4. The Morgan fingerprint density at radius 1 is 1.45 bits per heavy atom. The van der Waals surface area contributed by atoms with Crippen LogP contribution in [0.25, 0.3) is 6.08 Å².